The van der Waals surface area contributed by atoms with Crippen molar-refractivity contribution < 1.29 is 0 Å². The first-order chi connectivity index (χ1) is 31.8. The van der Waals surface area contributed by atoms with E-state index in [4.69, 9.17) is 4.98 Å². The van der Waals surface area contributed by atoms with Crippen molar-refractivity contribution in [1.82, 2.24) is 4.98 Å². The Labute approximate surface area is 372 Å². The van der Waals surface area contributed by atoms with Crippen molar-refractivity contribution >= 4 is 21.7 Å². The molecule has 0 radical (unpaired) electrons. The molecule has 1 nitrogen and oxygen atoms in total. The van der Waals surface area contributed by atoms with Gasteiger partial charge >= 0.3 is 0 Å². The molecule has 0 N–H and O–H groups in total. The summed E-state index contributed by atoms with van der Waals surface area (Å²) in [5.74, 6) is 0. The summed E-state index contributed by atoms with van der Waals surface area (Å²) in [5, 5.41) is 3.62. The van der Waals surface area contributed by atoms with Gasteiger partial charge in [-0.05, 0) is 101 Å². The number of benzene rings is 10. The molecule has 3 aliphatic carbocycles. The maximum atomic E-state index is 5.47. The molecular formula is C63H39N. The fraction of sp³-hybridized carbons (Fsp3) is 0.0317. The van der Waals surface area contributed by atoms with Crippen LogP contribution in [0.15, 0.2) is 237 Å². The Hall–Kier alpha value is -8.13. The van der Waals surface area contributed by atoms with E-state index in [1.807, 2.05) is 0 Å². The van der Waals surface area contributed by atoms with E-state index in [-0.39, 0.29) is 0 Å². The van der Waals surface area contributed by atoms with Crippen LogP contribution in [0.4, 0.5) is 0 Å². The average Bonchev–Trinajstić information content (AvgIpc) is 3.97. The molecular weight excluding hydrogens is 771 g/mol. The molecule has 0 saturated heterocycles. The molecule has 14 rings (SSSR count). The van der Waals surface area contributed by atoms with E-state index in [9.17, 15) is 0 Å². The van der Waals surface area contributed by atoms with Crippen molar-refractivity contribution in [3.05, 3.63) is 281 Å². The first-order valence-corrected chi connectivity index (χ1v) is 22.4. The van der Waals surface area contributed by atoms with Crippen LogP contribution in [0.1, 0.15) is 44.5 Å². The molecule has 0 amide bonds. The number of hydrogen-bond acceptors (Lipinski definition) is 1. The lowest BCUT2D eigenvalue weighted by molar-refractivity contribution is 0.769. The first-order valence-electron chi connectivity index (χ1n) is 22.4. The lowest BCUT2D eigenvalue weighted by Gasteiger charge is -2.34. The van der Waals surface area contributed by atoms with Crippen LogP contribution in [0.3, 0.4) is 0 Å². The van der Waals surface area contributed by atoms with Gasteiger partial charge in [-0.1, -0.05) is 224 Å². The summed E-state index contributed by atoms with van der Waals surface area (Å²) in [6.45, 7) is 0. The van der Waals surface area contributed by atoms with Crippen LogP contribution >= 0.6 is 0 Å². The van der Waals surface area contributed by atoms with Gasteiger partial charge in [0.25, 0.3) is 0 Å². The Morgan fingerprint density at radius 2 is 0.750 bits per heavy atom. The van der Waals surface area contributed by atoms with Gasteiger partial charge in [0.1, 0.15) is 0 Å². The zero-order valence-corrected chi connectivity index (χ0v) is 35.0. The van der Waals surface area contributed by atoms with E-state index in [1.54, 1.807) is 0 Å². The van der Waals surface area contributed by atoms with Crippen molar-refractivity contribution in [2.45, 2.75) is 10.8 Å². The minimum absolute atomic E-state index is 0.407. The Morgan fingerprint density at radius 1 is 0.281 bits per heavy atom. The van der Waals surface area contributed by atoms with Gasteiger partial charge in [-0.25, -0.2) is 4.98 Å². The zero-order valence-electron chi connectivity index (χ0n) is 35.0. The summed E-state index contributed by atoms with van der Waals surface area (Å²) in [4.78, 5) is 5.47. The summed E-state index contributed by atoms with van der Waals surface area (Å²) in [6, 6.07) is 88.0. The molecule has 0 bridgehead atoms. The molecule has 1 aromatic heterocycles. The molecule has 0 aliphatic heterocycles. The highest BCUT2D eigenvalue weighted by Crippen LogP contribution is 2.64. The lowest BCUT2D eigenvalue weighted by Crippen LogP contribution is -2.28. The fourth-order valence-corrected chi connectivity index (χ4v) is 12.3. The van der Waals surface area contributed by atoms with Crippen LogP contribution in [0.5, 0.6) is 0 Å². The highest BCUT2D eigenvalue weighted by atomic mass is 14.7. The number of aromatic nitrogens is 1. The van der Waals surface area contributed by atoms with E-state index in [0.717, 1.165) is 16.8 Å². The standard InChI is InChI=1S/C63H39N/c1-3-17-43(18-4-1)62(44-19-5-2-6-20-44)52-26-12-7-23-47(52)48-36-35-42(39-57(48)62)40-31-33-41(34-32-40)61-51-37-38-56-60(59(51)50-25-11-16-30-58(50)64-61)49-24-10-15-29-55(49)63(56)53-27-13-8-21-45(53)46-22-9-14-28-54(46)63/h1-39H. The van der Waals surface area contributed by atoms with Gasteiger partial charge in [-0.3, -0.25) is 0 Å². The predicted octanol–water partition coefficient (Wildman–Crippen LogP) is 15.4. The zero-order chi connectivity index (χ0) is 42.0. The molecule has 296 valence electrons. The summed E-state index contributed by atoms with van der Waals surface area (Å²) in [6.07, 6.45) is 0. The third-order valence-corrected chi connectivity index (χ3v) is 14.8. The van der Waals surface area contributed by atoms with E-state index in [2.05, 4.69) is 237 Å². The van der Waals surface area contributed by atoms with Crippen molar-refractivity contribution in [3.8, 4) is 55.8 Å². The monoisotopic (exact) mass is 809 g/mol. The van der Waals surface area contributed by atoms with E-state index in [0.29, 0.717) is 0 Å². The second-order valence-electron chi connectivity index (χ2n) is 17.6. The van der Waals surface area contributed by atoms with Gasteiger partial charge in [-0.15, -0.1) is 0 Å². The molecule has 3 aliphatic rings. The number of para-hydroxylation sites is 1. The Kier molecular flexibility index (Phi) is 7.31. The Balaban J connectivity index is 0.958. The minimum Gasteiger partial charge on any atom is -0.247 e. The quantitative estimate of drug-likeness (QED) is 0.161. The molecule has 11 aromatic rings. The number of pyridine rings is 1. The van der Waals surface area contributed by atoms with E-state index in [1.165, 1.54) is 105 Å². The summed E-state index contributed by atoms with van der Waals surface area (Å²) in [7, 11) is 0. The number of hydrogen-bond donors (Lipinski definition) is 0. The average molecular weight is 810 g/mol. The molecule has 64 heavy (non-hydrogen) atoms. The first kappa shape index (κ1) is 35.5. The van der Waals surface area contributed by atoms with Crippen LogP contribution in [0.2, 0.25) is 0 Å². The SMILES string of the molecule is c1ccc(C2(c3ccccc3)c3ccccc3-c3ccc(-c4ccc(-c5nc6ccccc6c6c7c(ccc56)C5(c6ccccc6-c6ccccc65)c5ccccc5-7)cc4)cc32)cc1. The van der Waals surface area contributed by atoms with Gasteiger partial charge in [0.05, 0.1) is 22.0 Å². The third-order valence-electron chi connectivity index (χ3n) is 14.8. The normalized spacial score (nSPS) is 14.2. The maximum Gasteiger partial charge on any atom is 0.0788 e. The van der Waals surface area contributed by atoms with Crippen LogP contribution in [-0.4, -0.2) is 4.98 Å². The minimum atomic E-state index is -0.446. The van der Waals surface area contributed by atoms with Crippen molar-refractivity contribution in [3.63, 3.8) is 0 Å². The summed E-state index contributed by atoms with van der Waals surface area (Å²) in [5.41, 5.74) is 23.1. The van der Waals surface area contributed by atoms with E-state index >= 15 is 0 Å². The molecule has 1 heterocycles. The van der Waals surface area contributed by atoms with Crippen LogP contribution in [-0.2, 0) is 10.8 Å². The largest absolute Gasteiger partial charge is 0.247 e. The fourth-order valence-electron chi connectivity index (χ4n) is 12.3. The number of nitrogens with zero attached hydrogens (tertiary/aromatic N) is 1. The van der Waals surface area contributed by atoms with Crippen LogP contribution < -0.4 is 0 Å². The van der Waals surface area contributed by atoms with Crippen LogP contribution in [0.25, 0.3) is 77.4 Å². The number of rotatable bonds is 4. The van der Waals surface area contributed by atoms with Gasteiger partial charge in [-0.2, -0.15) is 0 Å². The molecule has 0 saturated carbocycles. The summed E-state index contributed by atoms with van der Waals surface area (Å²) >= 11 is 0. The molecule has 1 spiro atoms. The second-order valence-corrected chi connectivity index (χ2v) is 17.6. The molecule has 10 aromatic carbocycles. The van der Waals surface area contributed by atoms with Crippen molar-refractivity contribution in [2.75, 3.05) is 0 Å². The Morgan fingerprint density at radius 3 is 1.38 bits per heavy atom. The van der Waals surface area contributed by atoms with Gasteiger partial charge in [0, 0.05) is 21.7 Å². The molecule has 0 unspecified atom stereocenters. The Bertz CT molecular complexity index is 3630. The molecule has 0 atom stereocenters. The van der Waals surface area contributed by atoms with Crippen LogP contribution in [0, 0.1) is 0 Å². The van der Waals surface area contributed by atoms with Crippen molar-refractivity contribution in [2.24, 2.45) is 0 Å². The van der Waals surface area contributed by atoms with Gasteiger partial charge in [0.2, 0.25) is 0 Å². The lowest BCUT2D eigenvalue weighted by atomic mass is 9.67. The van der Waals surface area contributed by atoms with Gasteiger partial charge in [0.15, 0.2) is 0 Å². The van der Waals surface area contributed by atoms with Crippen molar-refractivity contribution in [1.29, 1.82) is 0 Å². The highest BCUT2D eigenvalue weighted by molar-refractivity contribution is 6.20. The highest BCUT2D eigenvalue weighted by Gasteiger charge is 2.52. The predicted molar refractivity (Wildman–Crippen MR) is 264 cm³/mol. The number of fused-ring (bicyclic) bond motifs is 17. The molecule has 0 fully saturated rings. The smallest absolute Gasteiger partial charge is 0.0788 e. The topological polar surface area (TPSA) is 12.9 Å². The van der Waals surface area contributed by atoms with Gasteiger partial charge < -0.3 is 0 Å². The maximum absolute atomic E-state index is 5.47. The second kappa shape index (κ2) is 13.2. The third kappa shape index (κ3) is 4.50. The molecule has 1 heteroatoms. The van der Waals surface area contributed by atoms with E-state index < -0.39 is 10.8 Å². The summed E-state index contributed by atoms with van der Waals surface area (Å²) < 4.78 is 0.